The second kappa shape index (κ2) is 9.42. The number of carbonyl (C=O) groups excluding carboxylic acids is 1. The number of para-hydroxylation sites is 1. The summed E-state index contributed by atoms with van der Waals surface area (Å²) in [4.78, 5) is 12.5. The number of methoxy groups -OCH3 is 1. The number of ether oxygens (including phenoxy) is 1. The van der Waals surface area contributed by atoms with Gasteiger partial charge < -0.3 is 15.8 Å². The molecule has 0 aliphatic carbocycles. The molecule has 3 aromatic carbocycles. The van der Waals surface area contributed by atoms with Crippen molar-refractivity contribution in [2.24, 2.45) is 0 Å². The number of rotatable bonds is 6. The molecular weight excluding hydrogens is 440 g/mol. The van der Waals surface area contributed by atoms with Crippen LogP contribution in [0.3, 0.4) is 0 Å². The third kappa shape index (κ3) is 4.17. The molecule has 0 bridgehead atoms. The summed E-state index contributed by atoms with van der Waals surface area (Å²) in [5.41, 5.74) is 7.87. The van der Waals surface area contributed by atoms with Gasteiger partial charge in [0.2, 0.25) is 0 Å². The van der Waals surface area contributed by atoms with Crippen molar-refractivity contribution in [1.29, 1.82) is 5.26 Å². The molecule has 0 unspecified atom stereocenters. The number of nitrogens with two attached hydrogens (primary N) is 1. The molecule has 1 heterocycles. The lowest BCUT2D eigenvalue weighted by molar-refractivity contribution is 0.0948. The van der Waals surface area contributed by atoms with Crippen molar-refractivity contribution < 1.29 is 18.3 Å². The monoisotopic (exact) mass is 459 g/mol. The Morgan fingerprint density at radius 3 is 2.56 bits per heavy atom. The standard InChI is InChI=1S/C25H19F2N5O2/c1-34-21-8-3-2-5-17(21)25(33)30-14-15-9-11-16(12-10-15)23-18(13-28)24(29)32(31-23)20-7-4-6-19(26)22(20)27/h2-12H,14,29H2,1H3,(H,30,33). The quantitative estimate of drug-likeness (QED) is 0.449. The van der Waals surface area contributed by atoms with E-state index in [0.717, 1.165) is 16.3 Å². The van der Waals surface area contributed by atoms with Gasteiger partial charge in [0.1, 0.15) is 34.6 Å². The van der Waals surface area contributed by atoms with Crippen LogP contribution in [0.5, 0.6) is 5.75 Å². The van der Waals surface area contributed by atoms with Crippen molar-refractivity contribution in [3.63, 3.8) is 0 Å². The maximum Gasteiger partial charge on any atom is 0.255 e. The van der Waals surface area contributed by atoms with Gasteiger partial charge in [-0.15, -0.1) is 0 Å². The second-order valence-electron chi connectivity index (χ2n) is 7.29. The molecule has 170 valence electrons. The fraction of sp³-hybridized carbons (Fsp3) is 0.0800. The van der Waals surface area contributed by atoms with Gasteiger partial charge >= 0.3 is 0 Å². The average Bonchev–Trinajstić information content (AvgIpc) is 3.20. The summed E-state index contributed by atoms with van der Waals surface area (Å²) in [6, 6.07) is 19.4. The van der Waals surface area contributed by atoms with Crippen molar-refractivity contribution in [1.82, 2.24) is 15.1 Å². The highest BCUT2D eigenvalue weighted by Gasteiger charge is 2.21. The SMILES string of the molecule is COc1ccccc1C(=O)NCc1ccc(-c2nn(-c3cccc(F)c3F)c(N)c2C#N)cc1. The molecule has 1 aromatic heterocycles. The molecule has 0 saturated heterocycles. The smallest absolute Gasteiger partial charge is 0.255 e. The topological polar surface area (TPSA) is 106 Å². The molecule has 3 N–H and O–H groups in total. The fourth-order valence-corrected chi connectivity index (χ4v) is 3.47. The Labute approximate surface area is 194 Å². The number of nitrogen functional groups attached to an aromatic ring is 1. The number of benzene rings is 3. The van der Waals surface area contributed by atoms with Crippen molar-refractivity contribution >= 4 is 11.7 Å². The van der Waals surface area contributed by atoms with E-state index in [-0.39, 0.29) is 35.2 Å². The molecule has 0 radical (unpaired) electrons. The van der Waals surface area contributed by atoms with E-state index in [1.54, 1.807) is 48.5 Å². The highest BCUT2D eigenvalue weighted by Crippen LogP contribution is 2.30. The first-order valence-electron chi connectivity index (χ1n) is 10.2. The Kier molecular flexibility index (Phi) is 6.23. The number of halogens is 2. The van der Waals surface area contributed by atoms with Crippen LogP contribution in [-0.4, -0.2) is 22.8 Å². The number of nitrogens with zero attached hydrogens (tertiary/aromatic N) is 3. The minimum atomic E-state index is -1.12. The third-order valence-corrected chi connectivity index (χ3v) is 5.22. The molecule has 0 spiro atoms. The van der Waals surface area contributed by atoms with Crippen LogP contribution < -0.4 is 15.8 Å². The number of nitrogens with one attached hydrogen (secondary N) is 1. The molecule has 7 nitrogen and oxygen atoms in total. The van der Waals surface area contributed by atoms with E-state index in [1.165, 1.54) is 19.2 Å². The number of hydrogen-bond donors (Lipinski definition) is 2. The molecule has 0 saturated carbocycles. The van der Waals surface area contributed by atoms with Gasteiger partial charge in [0.05, 0.1) is 12.7 Å². The van der Waals surface area contributed by atoms with Gasteiger partial charge in [-0.25, -0.2) is 13.5 Å². The molecule has 0 aliphatic heterocycles. The van der Waals surface area contributed by atoms with E-state index in [1.807, 2.05) is 6.07 Å². The largest absolute Gasteiger partial charge is 0.496 e. The maximum absolute atomic E-state index is 14.3. The number of anilines is 1. The third-order valence-electron chi connectivity index (χ3n) is 5.22. The summed E-state index contributed by atoms with van der Waals surface area (Å²) in [5, 5.41) is 16.7. The van der Waals surface area contributed by atoms with Crippen LogP contribution in [0.15, 0.2) is 66.7 Å². The van der Waals surface area contributed by atoms with Gasteiger partial charge in [-0.05, 0) is 29.8 Å². The van der Waals surface area contributed by atoms with E-state index >= 15 is 0 Å². The molecule has 4 aromatic rings. The van der Waals surface area contributed by atoms with Crippen LogP contribution in [0.4, 0.5) is 14.6 Å². The van der Waals surface area contributed by atoms with Crippen LogP contribution in [0.25, 0.3) is 16.9 Å². The summed E-state index contributed by atoms with van der Waals surface area (Å²) in [6.07, 6.45) is 0. The zero-order valence-electron chi connectivity index (χ0n) is 18.0. The zero-order chi connectivity index (χ0) is 24.2. The van der Waals surface area contributed by atoms with Crippen LogP contribution in [0.2, 0.25) is 0 Å². The summed E-state index contributed by atoms with van der Waals surface area (Å²) in [6.45, 7) is 0.257. The summed E-state index contributed by atoms with van der Waals surface area (Å²) in [7, 11) is 1.50. The number of amides is 1. The fourth-order valence-electron chi connectivity index (χ4n) is 3.47. The average molecular weight is 459 g/mol. The van der Waals surface area contributed by atoms with Crippen LogP contribution in [0, 0.1) is 23.0 Å². The van der Waals surface area contributed by atoms with E-state index in [2.05, 4.69) is 10.4 Å². The highest BCUT2D eigenvalue weighted by atomic mass is 19.2. The van der Waals surface area contributed by atoms with Crippen LogP contribution in [0.1, 0.15) is 21.5 Å². The van der Waals surface area contributed by atoms with Gasteiger partial charge in [-0.1, -0.05) is 42.5 Å². The molecule has 9 heteroatoms. The lowest BCUT2D eigenvalue weighted by Gasteiger charge is -2.09. The van der Waals surface area contributed by atoms with Gasteiger partial charge in [-0.2, -0.15) is 10.4 Å². The molecule has 34 heavy (non-hydrogen) atoms. The summed E-state index contributed by atoms with van der Waals surface area (Å²) >= 11 is 0. The number of nitriles is 1. The lowest BCUT2D eigenvalue weighted by atomic mass is 10.1. The second-order valence-corrected chi connectivity index (χ2v) is 7.29. The molecular formula is C25H19F2N5O2. The predicted octanol–water partition coefficient (Wildman–Crippen LogP) is 4.21. The van der Waals surface area contributed by atoms with E-state index in [0.29, 0.717) is 16.9 Å². The van der Waals surface area contributed by atoms with E-state index in [4.69, 9.17) is 10.5 Å². The Balaban J connectivity index is 1.57. The molecule has 0 aliphatic rings. The Hall–Kier alpha value is -4.71. The van der Waals surface area contributed by atoms with Crippen LogP contribution in [-0.2, 0) is 6.54 Å². The van der Waals surface area contributed by atoms with Crippen molar-refractivity contribution in [3.05, 3.63) is 95.1 Å². The van der Waals surface area contributed by atoms with Gasteiger partial charge in [0.25, 0.3) is 5.91 Å². The Morgan fingerprint density at radius 2 is 1.85 bits per heavy atom. The maximum atomic E-state index is 14.3. The molecule has 0 atom stereocenters. The summed E-state index contributed by atoms with van der Waals surface area (Å²) < 4.78 is 34.2. The number of aromatic nitrogens is 2. The van der Waals surface area contributed by atoms with Crippen molar-refractivity contribution in [2.75, 3.05) is 12.8 Å². The van der Waals surface area contributed by atoms with Gasteiger partial charge in [0, 0.05) is 12.1 Å². The predicted molar refractivity (Wildman–Crippen MR) is 122 cm³/mol. The normalized spacial score (nSPS) is 10.5. The van der Waals surface area contributed by atoms with E-state index in [9.17, 15) is 18.8 Å². The van der Waals surface area contributed by atoms with Crippen molar-refractivity contribution in [3.8, 4) is 28.8 Å². The first-order chi connectivity index (χ1) is 16.4. The zero-order valence-corrected chi connectivity index (χ0v) is 18.0. The minimum absolute atomic E-state index is 0.0425. The first-order valence-corrected chi connectivity index (χ1v) is 10.2. The molecule has 0 fully saturated rings. The molecule has 1 amide bonds. The van der Waals surface area contributed by atoms with Gasteiger partial charge in [-0.3, -0.25) is 4.79 Å². The number of carbonyl (C=O) groups is 1. The first kappa shape index (κ1) is 22.5. The molecule has 4 rings (SSSR count). The number of hydrogen-bond acceptors (Lipinski definition) is 5. The minimum Gasteiger partial charge on any atom is -0.496 e. The lowest BCUT2D eigenvalue weighted by Crippen LogP contribution is -2.23. The van der Waals surface area contributed by atoms with E-state index < -0.39 is 11.6 Å². The van der Waals surface area contributed by atoms with Crippen LogP contribution >= 0.6 is 0 Å². The Bertz CT molecular complexity index is 1410. The highest BCUT2D eigenvalue weighted by molar-refractivity contribution is 5.96. The van der Waals surface area contributed by atoms with Gasteiger partial charge in [0.15, 0.2) is 11.6 Å². The summed E-state index contributed by atoms with van der Waals surface area (Å²) in [5.74, 6) is -2.07. The van der Waals surface area contributed by atoms with Crippen molar-refractivity contribution in [2.45, 2.75) is 6.54 Å². The Morgan fingerprint density at radius 1 is 1.12 bits per heavy atom.